The topological polar surface area (TPSA) is 101 Å². The number of hydrogen-bond acceptors (Lipinski definition) is 5. The molecule has 2 unspecified atom stereocenters. The number of ether oxygens (including phenoxy) is 1. The average molecular weight is 333 g/mol. The van der Waals surface area contributed by atoms with Crippen molar-refractivity contribution in [2.75, 3.05) is 26.2 Å². The van der Waals surface area contributed by atoms with Gasteiger partial charge in [-0.2, -0.15) is 0 Å². The van der Waals surface area contributed by atoms with Crippen LogP contribution in [-0.4, -0.2) is 64.0 Å². The Morgan fingerprint density at radius 1 is 1.50 bits per heavy atom. The van der Waals surface area contributed by atoms with Crippen molar-refractivity contribution in [2.24, 2.45) is 11.0 Å². The monoisotopic (exact) mass is 333 g/mol. The lowest BCUT2D eigenvalue weighted by atomic mass is 10.1. The number of carbonyl (C=O) groups is 1. The normalized spacial score (nSPS) is 25.5. The van der Waals surface area contributed by atoms with E-state index in [1.54, 1.807) is 23.1 Å². The molecule has 2 aliphatic heterocycles. The minimum absolute atomic E-state index is 0.0789. The lowest BCUT2D eigenvalue weighted by Crippen LogP contribution is -2.40. The van der Waals surface area contributed by atoms with Crippen LogP contribution in [0.5, 0.6) is 0 Å². The molecule has 128 valence electrons. The Morgan fingerprint density at radius 2 is 2.33 bits per heavy atom. The predicted octanol–water partition coefficient (Wildman–Crippen LogP) is 0.812. The number of nitrogens with zero attached hydrogens (tertiary/aromatic N) is 5. The van der Waals surface area contributed by atoms with E-state index in [-0.39, 0.29) is 29.6 Å². The summed E-state index contributed by atoms with van der Waals surface area (Å²) < 4.78 is 5.54. The molecule has 2 saturated heterocycles. The molecule has 0 N–H and O–H groups in total. The average Bonchev–Trinajstić information content (AvgIpc) is 3.14. The molecule has 24 heavy (non-hydrogen) atoms. The minimum Gasteiger partial charge on any atom is -0.378 e. The molecule has 1 aromatic heterocycles. The highest BCUT2D eigenvalue weighted by molar-refractivity contribution is 6.05. The largest absolute Gasteiger partial charge is 0.378 e. The van der Waals surface area contributed by atoms with Crippen LogP contribution in [0.3, 0.4) is 0 Å². The summed E-state index contributed by atoms with van der Waals surface area (Å²) in [5.74, 6) is -0.0215. The number of guanidine groups is 1. The zero-order valence-corrected chi connectivity index (χ0v) is 13.4. The fourth-order valence-corrected chi connectivity index (χ4v) is 3.12. The van der Waals surface area contributed by atoms with Gasteiger partial charge in [0.1, 0.15) is 10.8 Å². The van der Waals surface area contributed by atoms with Gasteiger partial charge in [-0.3, -0.25) is 14.7 Å². The molecule has 1 amide bonds. The summed E-state index contributed by atoms with van der Waals surface area (Å²) in [7, 11) is 0. The molecule has 2 fully saturated rings. The van der Waals surface area contributed by atoms with Gasteiger partial charge in [-0.1, -0.05) is 6.07 Å². The van der Waals surface area contributed by atoms with E-state index in [9.17, 15) is 14.9 Å². The summed E-state index contributed by atoms with van der Waals surface area (Å²) in [6, 6.07) is 5.00. The van der Waals surface area contributed by atoms with Gasteiger partial charge in [-0.25, -0.2) is 10.1 Å². The molecule has 3 heterocycles. The molecule has 1 aromatic rings. The SMILES string of the molecule is CC1CC(CN2CCN(C(=O)c3ccccn3)C2=N[N+](=O)[O-])CO1. The van der Waals surface area contributed by atoms with Gasteiger partial charge in [-0.05, 0) is 25.5 Å². The molecule has 9 heteroatoms. The van der Waals surface area contributed by atoms with Crippen molar-refractivity contribution in [3.8, 4) is 0 Å². The second-order valence-corrected chi connectivity index (χ2v) is 6.00. The van der Waals surface area contributed by atoms with Crippen molar-refractivity contribution < 1.29 is 14.6 Å². The molecule has 0 spiro atoms. The van der Waals surface area contributed by atoms with E-state index in [1.807, 2.05) is 6.92 Å². The van der Waals surface area contributed by atoms with E-state index in [1.165, 1.54) is 11.1 Å². The van der Waals surface area contributed by atoms with Gasteiger partial charge in [0, 0.05) is 31.7 Å². The molecule has 2 aliphatic rings. The predicted molar refractivity (Wildman–Crippen MR) is 84.8 cm³/mol. The van der Waals surface area contributed by atoms with E-state index in [2.05, 4.69) is 10.1 Å². The van der Waals surface area contributed by atoms with Gasteiger partial charge in [0.15, 0.2) is 5.03 Å². The number of nitro groups is 1. The second kappa shape index (κ2) is 6.91. The van der Waals surface area contributed by atoms with Gasteiger partial charge in [-0.15, -0.1) is 0 Å². The van der Waals surface area contributed by atoms with Crippen LogP contribution in [0.25, 0.3) is 0 Å². The van der Waals surface area contributed by atoms with Crippen LogP contribution in [0.4, 0.5) is 0 Å². The highest BCUT2D eigenvalue weighted by Gasteiger charge is 2.37. The van der Waals surface area contributed by atoms with Crippen LogP contribution in [0, 0.1) is 16.0 Å². The number of hydrogen-bond donors (Lipinski definition) is 0. The molecule has 9 nitrogen and oxygen atoms in total. The highest BCUT2D eigenvalue weighted by Crippen LogP contribution is 2.22. The Labute approximate surface area is 139 Å². The highest BCUT2D eigenvalue weighted by atomic mass is 16.7. The second-order valence-electron chi connectivity index (χ2n) is 6.00. The van der Waals surface area contributed by atoms with Crippen molar-refractivity contribution in [1.29, 1.82) is 0 Å². The third kappa shape index (κ3) is 3.51. The summed E-state index contributed by atoms with van der Waals surface area (Å²) in [6.07, 6.45) is 2.61. The number of aromatic nitrogens is 1. The maximum absolute atomic E-state index is 12.6. The van der Waals surface area contributed by atoms with Crippen molar-refractivity contribution in [1.82, 2.24) is 14.8 Å². The van der Waals surface area contributed by atoms with Crippen LogP contribution >= 0.6 is 0 Å². The van der Waals surface area contributed by atoms with Crippen LogP contribution in [0.2, 0.25) is 0 Å². The van der Waals surface area contributed by atoms with Crippen LogP contribution in [0.15, 0.2) is 29.5 Å². The van der Waals surface area contributed by atoms with Gasteiger partial charge in [0.25, 0.3) is 11.9 Å². The minimum atomic E-state index is -0.764. The van der Waals surface area contributed by atoms with Crippen molar-refractivity contribution in [3.63, 3.8) is 0 Å². The van der Waals surface area contributed by atoms with Gasteiger partial charge in [0.2, 0.25) is 0 Å². The Hall–Kier alpha value is -2.55. The third-order valence-electron chi connectivity index (χ3n) is 4.18. The van der Waals surface area contributed by atoms with Crippen LogP contribution in [-0.2, 0) is 4.74 Å². The molecule has 0 radical (unpaired) electrons. The standard InChI is InChI=1S/C15H19N5O4/c1-11-8-12(10-24-11)9-18-6-7-19(15(18)17-20(22)23)14(21)13-4-2-3-5-16-13/h2-5,11-12H,6-10H2,1H3. The van der Waals surface area contributed by atoms with E-state index < -0.39 is 5.03 Å². The molecule has 3 rings (SSSR count). The molecule has 2 atom stereocenters. The Bertz CT molecular complexity index is 651. The Morgan fingerprint density at radius 3 is 2.96 bits per heavy atom. The number of carbonyl (C=O) groups excluding carboxylic acids is 1. The Kier molecular flexibility index (Phi) is 4.70. The van der Waals surface area contributed by atoms with E-state index in [0.717, 1.165) is 6.42 Å². The molecule has 0 aliphatic carbocycles. The van der Waals surface area contributed by atoms with Gasteiger partial charge in [0.05, 0.1) is 12.7 Å². The zero-order valence-electron chi connectivity index (χ0n) is 13.4. The van der Waals surface area contributed by atoms with Crippen molar-refractivity contribution in [3.05, 3.63) is 40.2 Å². The maximum atomic E-state index is 12.6. The number of hydrazone groups is 1. The molecule has 0 aromatic carbocycles. The fraction of sp³-hybridized carbons (Fsp3) is 0.533. The van der Waals surface area contributed by atoms with Crippen molar-refractivity contribution in [2.45, 2.75) is 19.4 Å². The Balaban J connectivity index is 1.78. The molecular formula is C15H19N5O4. The fourth-order valence-electron chi connectivity index (χ4n) is 3.12. The maximum Gasteiger partial charge on any atom is 0.281 e. The first-order valence-corrected chi connectivity index (χ1v) is 7.87. The van der Waals surface area contributed by atoms with Crippen LogP contribution < -0.4 is 0 Å². The summed E-state index contributed by atoms with van der Waals surface area (Å²) in [6.45, 7) is 4.08. The molecular weight excluding hydrogens is 314 g/mol. The number of pyridine rings is 1. The quantitative estimate of drug-likeness (QED) is 0.597. The lowest BCUT2D eigenvalue weighted by Gasteiger charge is -2.21. The molecule has 0 bridgehead atoms. The lowest BCUT2D eigenvalue weighted by molar-refractivity contribution is -0.486. The zero-order chi connectivity index (χ0) is 17.1. The first-order valence-electron chi connectivity index (χ1n) is 7.87. The number of rotatable bonds is 4. The smallest absolute Gasteiger partial charge is 0.281 e. The van der Waals surface area contributed by atoms with Gasteiger partial charge < -0.3 is 9.64 Å². The van der Waals surface area contributed by atoms with E-state index >= 15 is 0 Å². The summed E-state index contributed by atoms with van der Waals surface area (Å²) in [5, 5.41) is 13.6. The third-order valence-corrected chi connectivity index (χ3v) is 4.18. The summed E-state index contributed by atoms with van der Waals surface area (Å²) in [4.78, 5) is 30.6. The summed E-state index contributed by atoms with van der Waals surface area (Å²) in [5.41, 5.74) is 0.244. The van der Waals surface area contributed by atoms with Gasteiger partial charge >= 0.3 is 0 Å². The summed E-state index contributed by atoms with van der Waals surface area (Å²) >= 11 is 0. The van der Waals surface area contributed by atoms with Crippen molar-refractivity contribution >= 4 is 11.9 Å². The first-order chi connectivity index (χ1) is 11.5. The van der Waals surface area contributed by atoms with Crippen LogP contribution in [0.1, 0.15) is 23.8 Å². The number of amides is 1. The molecule has 0 saturated carbocycles. The first kappa shape index (κ1) is 16.3. The van der Waals surface area contributed by atoms with E-state index in [4.69, 9.17) is 4.74 Å². The van der Waals surface area contributed by atoms with E-state index in [0.29, 0.717) is 26.2 Å².